The Morgan fingerprint density at radius 2 is 0.633 bits per heavy atom. The van der Waals surface area contributed by atoms with Gasteiger partial charge in [0.05, 0.1) is 124 Å². The van der Waals surface area contributed by atoms with E-state index in [0.29, 0.717) is 132 Å². The molecule has 147 heavy (non-hydrogen) atoms. The summed E-state index contributed by atoms with van der Waals surface area (Å²) in [4.78, 5) is 86.8. The third kappa shape index (κ3) is 15.2. The van der Waals surface area contributed by atoms with Crippen molar-refractivity contribution in [3.63, 3.8) is 0 Å². The van der Waals surface area contributed by atoms with Crippen molar-refractivity contribution in [2.75, 3.05) is 81.9 Å². The molecule has 0 unspecified atom stereocenters. The molecule has 25 rings (SSSR count). The van der Waals surface area contributed by atoms with Crippen molar-refractivity contribution in [2.24, 2.45) is 58.5 Å². The van der Waals surface area contributed by atoms with Crippen molar-refractivity contribution >= 4 is 79.8 Å². The molecule has 9 aromatic carbocycles. The topological polar surface area (TPSA) is 416 Å². The summed E-state index contributed by atoms with van der Waals surface area (Å²) in [5.74, 6) is -2.95. The molecule has 6 saturated heterocycles. The van der Waals surface area contributed by atoms with E-state index in [9.17, 15) is 46.0 Å². The van der Waals surface area contributed by atoms with Crippen molar-refractivity contribution in [3.05, 3.63) is 289 Å². The molecule has 16 aliphatic rings. The number of halogens is 2. The summed E-state index contributed by atoms with van der Waals surface area (Å²) < 4.78 is 130. The number of fused-ring (bicyclic) bond motifs is 24. The maximum absolute atomic E-state index is 15.1. The molecule has 0 radical (unpaired) electrons. The summed E-state index contributed by atoms with van der Waals surface area (Å²) in [5.41, 5.74) is 19.0. The van der Waals surface area contributed by atoms with Crippen LogP contribution in [0.1, 0.15) is 166 Å². The highest BCUT2D eigenvalue weighted by atomic mass is 32.2. The Hall–Kier alpha value is -13.6. The lowest BCUT2D eigenvalue weighted by Gasteiger charge is -2.37. The van der Waals surface area contributed by atoms with Gasteiger partial charge >= 0.3 is 46.9 Å². The lowest BCUT2D eigenvalue weighted by Crippen LogP contribution is -2.59. The molecule has 764 valence electrons. The van der Waals surface area contributed by atoms with Crippen molar-refractivity contribution in [3.8, 4) is 5.75 Å². The zero-order valence-electron chi connectivity index (χ0n) is 82.3. The van der Waals surface area contributed by atoms with Gasteiger partial charge in [0.15, 0.2) is 11.6 Å². The average Bonchev–Trinajstić information content (AvgIpc) is 1.55. The first-order chi connectivity index (χ1) is 71.0. The molecule has 10 aliphatic carbocycles. The van der Waals surface area contributed by atoms with E-state index in [0.717, 1.165) is 136 Å². The van der Waals surface area contributed by atoms with Crippen molar-refractivity contribution in [1.82, 2.24) is 43.6 Å². The number of likely N-dealkylation sites (tertiary alicyclic amines) is 6. The maximum atomic E-state index is 15.1. The number of azo groups is 4. The minimum atomic E-state index is -4.84. The molecule has 39 heteroatoms. The molecular weight excluding hydrogens is 1920 g/mol. The fourth-order valence-corrected chi connectivity index (χ4v) is 31.9. The number of carbonyl (C=O) groups is 6. The van der Waals surface area contributed by atoms with Crippen LogP contribution in [0.25, 0.3) is 0 Å². The normalized spacial score (nSPS) is 29.7. The van der Waals surface area contributed by atoms with Crippen LogP contribution in [0.5, 0.6) is 5.75 Å². The fourth-order valence-electron chi connectivity index (χ4n) is 28.9. The van der Waals surface area contributed by atoms with Gasteiger partial charge in [-0.25, -0.2) is 37.5 Å². The monoisotopic (exact) mass is 2040 g/mol. The summed E-state index contributed by atoms with van der Waals surface area (Å²) in [6.45, 7) is 2.52. The molecule has 8 fully saturated rings. The van der Waals surface area contributed by atoms with E-state index in [1.807, 2.05) is 97.1 Å². The lowest BCUT2D eigenvalue weighted by molar-refractivity contribution is 0.111. The van der Waals surface area contributed by atoms with Crippen LogP contribution in [0.15, 0.2) is 229 Å². The van der Waals surface area contributed by atoms with Gasteiger partial charge in [0.2, 0.25) is 5.75 Å². The Morgan fingerprint density at radius 3 is 1.07 bits per heavy atom. The third-order valence-electron chi connectivity index (χ3n) is 35.4. The van der Waals surface area contributed by atoms with Crippen LogP contribution in [0, 0.1) is 23.5 Å². The molecule has 16 atom stereocenters. The van der Waals surface area contributed by atoms with Crippen molar-refractivity contribution in [1.29, 1.82) is 0 Å². The smallest absolute Gasteiger partial charge is 0.409 e. The van der Waals surface area contributed by atoms with Crippen LogP contribution in [-0.2, 0) is 145 Å². The number of nitrogens with one attached hydrogen (secondary N) is 3. The predicted octanol–water partition coefficient (Wildman–Crippen LogP) is 17.1. The number of rotatable bonds is 16. The first kappa shape index (κ1) is 96.8. The molecule has 0 spiro atoms. The number of nitrogens with two attached hydrogens (primary N) is 1. The summed E-state index contributed by atoms with van der Waals surface area (Å²) >= 11 is 0. The summed E-state index contributed by atoms with van der Waals surface area (Å²) in [5, 5.41) is 39.9. The molecule has 35 nitrogen and oxygen atoms in total. The second kappa shape index (κ2) is 36.5. The molecule has 6 aliphatic heterocycles. The van der Waals surface area contributed by atoms with Gasteiger partial charge in [-0.15, -0.1) is 0 Å². The van der Waals surface area contributed by atoms with E-state index in [2.05, 4.69) is 68.8 Å². The van der Waals surface area contributed by atoms with Crippen LogP contribution in [-0.4, -0.2) is 201 Å². The van der Waals surface area contributed by atoms with Crippen molar-refractivity contribution in [2.45, 2.75) is 209 Å². The van der Waals surface area contributed by atoms with E-state index in [4.69, 9.17) is 79.3 Å². The summed E-state index contributed by atoms with van der Waals surface area (Å²) in [6.07, 6.45) is 10.8. The number of methoxy groups -OCH3 is 6. The Morgan fingerprint density at radius 1 is 0.320 bits per heavy atom. The number of hydrogen-bond donors (Lipinski definition) is 4. The number of carbonyl (C=O) groups excluding carboxylic acids is 6. The van der Waals surface area contributed by atoms with Crippen LogP contribution < -0.4 is 24.1 Å². The molecular formula is C108H114F2N18O17S2. The quantitative estimate of drug-likeness (QED) is 0.0515. The van der Waals surface area contributed by atoms with Gasteiger partial charge in [-0.2, -0.15) is 71.9 Å². The Labute approximate surface area is 849 Å². The largest absolute Gasteiger partial charge is 0.453 e. The first-order valence-corrected chi connectivity index (χ1v) is 53.3. The molecule has 2 saturated carbocycles. The summed E-state index contributed by atoms with van der Waals surface area (Å²) in [6, 6.07) is 56.5. The Bertz CT molecular complexity index is 7290. The highest BCUT2D eigenvalue weighted by Gasteiger charge is 2.65. The van der Waals surface area contributed by atoms with E-state index in [-0.39, 0.29) is 73.3 Å². The zero-order valence-corrected chi connectivity index (χ0v) is 83.9. The molecule has 9 aromatic rings. The third-order valence-corrected chi connectivity index (χ3v) is 37.7. The second-order valence-corrected chi connectivity index (χ2v) is 44.3. The number of benzene rings is 9. The van der Waals surface area contributed by atoms with Gasteiger partial charge < -0.3 is 67.7 Å². The first-order valence-electron chi connectivity index (χ1n) is 50.4. The number of ether oxygens (including phenoxy) is 6. The maximum Gasteiger partial charge on any atom is 0.409 e. The van der Waals surface area contributed by atoms with E-state index in [1.165, 1.54) is 64.2 Å². The van der Waals surface area contributed by atoms with Crippen LogP contribution in [0.3, 0.4) is 0 Å². The predicted molar refractivity (Wildman–Crippen MR) is 531 cm³/mol. The fraction of sp³-hybridized carbons (Fsp3) is 0.444. The summed E-state index contributed by atoms with van der Waals surface area (Å²) in [7, 11) is -0.942. The van der Waals surface area contributed by atoms with Gasteiger partial charge in [-0.1, -0.05) is 165 Å². The zero-order chi connectivity index (χ0) is 102. The average molecular weight is 2040 g/mol. The number of para-hydroxylation sites is 1. The standard InChI is InChI=1S/C50H54N8O6S.C32H31F2N5O7S.C26H29N5O4/c1-63-45(59)57-25-23-49(38-16-6-4-12-32(38)28-43(49)57)54-52-42-20-8-18-40-36(42)30-44-50(40,24-26-58(44)46(60)64-2)56-65(61,62)55-48-22-10-14-34(48)29-35-39(48)17-7-19-41(35)51-53-47-21-9-13-33(47)27-31-11-3-5-15-37(31)47;1-44-29(40)38-15-13-31(21-8-4-3-7-19(21)17-26(31)38)36-35-25-12-5-9-22-20(25)18-27-32(22,14-16-39(27)30(41)45-2)37-47(42,43)46-28-23(33)10-6-11-24(28)34;1-34-23(32)30-12-10-25(27)19-8-5-9-20(17(19)15-21(25)30)28-29-26-11-13-31(24(33)35-2)22(26)14-16-6-3-4-7-18(16)26/h3-8,11-12,15-20,33-34,43-44,55-56H,9-10,13-14,21-30H2,1-2H3;3-12,26-27,37H,13-18H2,1-2H3;3-9,21-22H,10-15,27H2,1-2H3/t33-,34-,43-,44+,47+,48+,49-,50+;26-,27+,31-,32+;21-,22-,25-,26-/m000/s1. The Balaban J connectivity index is 0.000000128. The van der Waals surface area contributed by atoms with E-state index in [1.54, 1.807) is 42.7 Å². The molecule has 0 aromatic heterocycles. The lowest BCUT2D eigenvalue weighted by atomic mass is 9.87. The highest BCUT2D eigenvalue weighted by molar-refractivity contribution is 7.87. The number of hydrogen-bond acceptors (Lipinski definition) is 26. The minimum absolute atomic E-state index is 0.0518. The van der Waals surface area contributed by atoms with Gasteiger partial charge in [0.1, 0.15) is 22.2 Å². The van der Waals surface area contributed by atoms with Gasteiger partial charge in [0.25, 0.3) is 10.2 Å². The van der Waals surface area contributed by atoms with E-state index >= 15 is 8.42 Å². The Kier molecular flexibility index (Phi) is 24.0. The number of amides is 6. The van der Waals surface area contributed by atoms with E-state index < -0.39 is 107 Å². The van der Waals surface area contributed by atoms with Gasteiger partial charge in [0, 0.05) is 39.3 Å². The van der Waals surface area contributed by atoms with Crippen LogP contribution in [0.4, 0.5) is 60.3 Å². The van der Waals surface area contributed by atoms with Crippen LogP contribution >= 0.6 is 0 Å². The molecule has 6 amide bonds. The number of nitrogens with zero attached hydrogens (tertiary/aromatic N) is 14. The van der Waals surface area contributed by atoms with Gasteiger partial charge in [-0.3, -0.25) is 0 Å². The highest BCUT2D eigenvalue weighted by Crippen LogP contribution is 2.62. The van der Waals surface area contributed by atoms with Crippen LogP contribution in [0.2, 0.25) is 0 Å². The van der Waals surface area contributed by atoms with Gasteiger partial charge in [-0.05, 0) is 253 Å². The van der Waals surface area contributed by atoms with Crippen molar-refractivity contribution < 1.29 is 87.0 Å². The molecule has 5 N–H and O–H groups in total. The molecule has 0 bridgehead atoms. The second-order valence-electron chi connectivity index (χ2n) is 41.6. The minimum Gasteiger partial charge on any atom is -0.453 e. The molecule has 6 heterocycles. The SMILES string of the molecule is COC(=O)N1CC[C@]2(N=Nc3cccc4c3C[C@@H]3N(C(=O)OC)CC[C@]43N)c3ccccc3C[C@H]12.COC(=O)N1CC[C@]2(N=Nc3cccc4c3C[C@H]3N(C(=O)OC)CC[C@@]43NS(=O)(=O)N[C@]34CCC[C@H]3Cc3c(N=N[C@]56CCC[C@H]5Cc5ccccc56)cccc34)c3ccccc3C[C@H]12.COC(=O)N1CC[C@]2(N=Nc3cccc4c3C[C@H]3N(C(=O)OC)CC[C@@]43NS(=O)(=O)Oc3c(F)cccc3F)c3ccccc3C[C@H]12.